The maximum absolute atomic E-state index is 12.7. The van der Waals surface area contributed by atoms with Crippen molar-refractivity contribution in [2.24, 2.45) is 0 Å². The molecule has 0 bridgehead atoms. The molecule has 2 aromatic carbocycles. The maximum Gasteiger partial charge on any atom is 0.277 e. The van der Waals surface area contributed by atoms with Crippen LogP contribution in [0.5, 0.6) is 0 Å². The summed E-state index contributed by atoms with van der Waals surface area (Å²) in [7, 11) is 0. The fourth-order valence-corrected chi connectivity index (χ4v) is 4.28. The lowest BCUT2D eigenvalue weighted by Crippen LogP contribution is -2.35. The molecule has 1 aromatic heterocycles. The molecule has 7 heteroatoms. The number of fused-ring (bicyclic) bond motifs is 1. The molecule has 2 atom stereocenters. The summed E-state index contributed by atoms with van der Waals surface area (Å²) in [6, 6.07) is 15.6. The molecule has 3 aromatic rings. The van der Waals surface area contributed by atoms with Gasteiger partial charge in [0, 0.05) is 10.6 Å². The average Bonchev–Trinajstić information content (AvgIpc) is 3.17. The van der Waals surface area contributed by atoms with E-state index in [2.05, 4.69) is 33.7 Å². The van der Waals surface area contributed by atoms with E-state index in [0.717, 1.165) is 24.8 Å². The summed E-state index contributed by atoms with van der Waals surface area (Å²) in [5.74, 6) is 0.355. The first kappa shape index (κ1) is 19.0. The summed E-state index contributed by atoms with van der Waals surface area (Å²) in [6.07, 6.45) is 3.11. The van der Waals surface area contributed by atoms with E-state index in [-0.39, 0.29) is 17.2 Å². The number of hydrogen-bond acceptors (Lipinski definition) is 5. The lowest BCUT2D eigenvalue weighted by molar-refractivity contribution is -0.121. The molecule has 0 aliphatic heterocycles. The molecule has 0 unspecified atom stereocenters. The Morgan fingerprint density at radius 3 is 2.96 bits per heavy atom. The van der Waals surface area contributed by atoms with Crippen LogP contribution in [-0.2, 0) is 11.2 Å². The highest BCUT2D eigenvalue weighted by molar-refractivity contribution is 8.00. The summed E-state index contributed by atoms with van der Waals surface area (Å²) >= 11 is 7.26. The molecule has 0 radical (unpaired) electrons. The topological polar surface area (TPSA) is 68.0 Å². The highest BCUT2D eigenvalue weighted by Gasteiger charge is 2.25. The Bertz CT molecular complexity index is 991. The van der Waals surface area contributed by atoms with Gasteiger partial charge in [-0.3, -0.25) is 4.79 Å². The molecule has 4 rings (SSSR count). The Hall–Kier alpha value is -2.31. The van der Waals surface area contributed by atoms with Crippen molar-refractivity contribution in [2.75, 3.05) is 0 Å². The van der Waals surface area contributed by atoms with Gasteiger partial charge in [-0.2, -0.15) is 0 Å². The number of aryl methyl sites for hydroxylation is 1. The number of carbonyl (C=O) groups excluding carboxylic acids is 1. The Labute approximate surface area is 172 Å². The molecule has 0 saturated heterocycles. The molecule has 0 spiro atoms. The van der Waals surface area contributed by atoms with Gasteiger partial charge in [-0.05, 0) is 55.5 Å². The SMILES string of the molecule is C[C@H](Sc1nnc(-c2cccc(Cl)c2)o1)C(=O)N[C@H]1CCCc2ccccc21. The first-order valence-electron chi connectivity index (χ1n) is 9.24. The largest absolute Gasteiger partial charge is 0.411 e. The normalized spacial score (nSPS) is 17.0. The molecular formula is C21H20ClN3O2S. The van der Waals surface area contributed by atoms with E-state index in [1.54, 1.807) is 12.1 Å². The molecule has 1 N–H and O–H groups in total. The number of hydrogen-bond donors (Lipinski definition) is 1. The van der Waals surface area contributed by atoms with Crippen LogP contribution in [-0.4, -0.2) is 21.4 Å². The summed E-state index contributed by atoms with van der Waals surface area (Å²) in [5, 5.41) is 11.9. The van der Waals surface area contributed by atoms with Gasteiger partial charge >= 0.3 is 0 Å². The van der Waals surface area contributed by atoms with E-state index in [9.17, 15) is 4.79 Å². The second-order valence-electron chi connectivity index (χ2n) is 6.80. The van der Waals surface area contributed by atoms with Gasteiger partial charge < -0.3 is 9.73 Å². The lowest BCUT2D eigenvalue weighted by Gasteiger charge is -2.27. The van der Waals surface area contributed by atoms with Gasteiger partial charge in [0.15, 0.2) is 0 Å². The fraction of sp³-hybridized carbons (Fsp3) is 0.286. The number of thioether (sulfide) groups is 1. The Morgan fingerprint density at radius 2 is 2.11 bits per heavy atom. The third-order valence-corrected chi connectivity index (χ3v) is 5.98. The standard InChI is InChI=1S/C21H20ClN3O2S/c1-13(19(26)23-18-11-5-7-14-6-2-3-10-17(14)18)28-21-25-24-20(27-21)15-8-4-9-16(22)12-15/h2-4,6,8-10,12-13,18H,5,7,11H2,1H3,(H,23,26)/t13-,18-/m0/s1. The van der Waals surface area contributed by atoms with Crippen LogP contribution in [0.2, 0.25) is 5.02 Å². The summed E-state index contributed by atoms with van der Waals surface area (Å²) < 4.78 is 5.69. The zero-order chi connectivity index (χ0) is 19.5. The summed E-state index contributed by atoms with van der Waals surface area (Å²) in [4.78, 5) is 12.7. The third-order valence-electron chi connectivity index (χ3n) is 4.81. The second kappa shape index (κ2) is 8.37. The minimum atomic E-state index is -0.346. The van der Waals surface area contributed by atoms with Crippen molar-refractivity contribution < 1.29 is 9.21 Å². The monoisotopic (exact) mass is 413 g/mol. The molecule has 0 fully saturated rings. The molecule has 1 aliphatic carbocycles. The van der Waals surface area contributed by atoms with Gasteiger partial charge in [-0.1, -0.05) is 53.7 Å². The number of benzene rings is 2. The van der Waals surface area contributed by atoms with Crippen LogP contribution >= 0.6 is 23.4 Å². The number of aromatic nitrogens is 2. The first-order chi connectivity index (χ1) is 13.6. The maximum atomic E-state index is 12.7. The lowest BCUT2D eigenvalue weighted by atomic mass is 9.88. The molecule has 1 aliphatic rings. The van der Waals surface area contributed by atoms with Gasteiger partial charge in [0.05, 0.1) is 11.3 Å². The zero-order valence-electron chi connectivity index (χ0n) is 15.4. The Balaban J connectivity index is 1.40. The zero-order valence-corrected chi connectivity index (χ0v) is 17.0. The quantitative estimate of drug-likeness (QED) is 0.592. The Morgan fingerprint density at radius 1 is 1.25 bits per heavy atom. The first-order valence-corrected chi connectivity index (χ1v) is 10.5. The van der Waals surface area contributed by atoms with Gasteiger partial charge in [-0.25, -0.2) is 0 Å². The van der Waals surface area contributed by atoms with E-state index in [1.807, 2.05) is 25.1 Å². The second-order valence-corrected chi connectivity index (χ2v) is 8.52. The van der Waals surface area contributed by atoms with Gasteiger partial charge in [-0.15, -0.1) is 10.2 Å². The van der Waals surface area contributed by atoms with Gasteiger partial charge in [0.1, 0.15) is 0 Å². The van der Waals surface area contributed by atoms with Crippen LogP contribution in [0.1, 0.15) is 36.9 Å². The predicted octanol–water partition coefficient (Wildman–Crippen LogP) is 5.06. The van der Waals surface area contributed by atoms with E-state index >= 15 is 0 Å². The van der Waals surface area contributed by atoms with Crippen LogP contribution in [0.15, 0.2) is 58.2 Å². The number of amides is 1. The molecule has 5 nitrogen and oxygen atoms in total. The van der Waals surface area contributed by atoms with Crippen molar-refractivity contribution in [3.05, 3.63) is 64.7 Å². The number of halogens is 1. The number of rotatable bonds is 5. The molecule has 144 valence electrons. The number of nitrogens with zero attached hydrogens (tertiary/aromatic N) is 2. The minimum Gasteiger partial charge on any atom is -0.411 e. The van der Waals surface area contributed by atoms with Crippen LogP contribution in [0, 0.1) is 0 Å². The third kappa shape index (κ3) is 4.23. The van der Waals surface area contributed by atoms with Crippen molar-refractivity contribution in [2.45, 2.75) is 42.7 Å². The van der Waals surface area contributed by atoms with Crippen LogP contribution in [0.4, 0.5) is 0 Å². The molecule has 28 heavy (non-hydrogen) atoms. The Kier molecular flexibility index (Phi) is 5.69. The van der Waals surface area contributed by atoms with Gasteiger partial charge in [0.2, 0.25) is 11.8 Å². The molecule has 0 saturated carbocycles. The van der Waals surface area contributed by atoms with Crippen molar-refractivity contribution in [1.29, 1.82) is 0 Å². The van der Waals surface area contributed by atoms with Crippen molar-refractivity contribution in [3.63, 3.8) is 0 Å². The van der Waals surface area contributed by atoms with E-state index < -0.39 is 0 Å². The number of carbonyl (C=O) groups is 1. The van der Waals surface area contributed by atoms with Crippen LogP contribution in [0.3, 0.4) is 0 Å². The number of nitrogens with one attached hydrogen (secondary N) is 1. The van der Waals surface area contributed by atoms with E-state index in [0.29, 0.717) is 16.1 Å². The fourth-order valence-electron chi connectivity index (χ4n) is 3.39. The highest BCUT2D eigenvalue weighted by atomic mass is 35.5. The molecule has 1 amide bonds. The van der Waals surface area contributed by atoms with Crippen molar-refractivity contribution in [1.82, 2.24) is 15.5 Å². The van der Waals surface area contributed by atoms with Crippen LogP contribution < -0.4 is 5.32 Å². The van der Waals surface area contributed by atoms with Crippen LogP contribution in [0.25, 0.3) is 11.5 Å². The highest BCUT2D eigenvalue weighted by Crippen LogP contribution is 2.31. The molecular weight excluding hydrogens is 394 g/mol. The summed E-state index contributed by atoms with van der Waals surface area (Å²) in [5.41, 5.74) is 3.30. The smallest absolute Gasteiger partial charge is 0.277 e. The van der Waals surface area contributed by atoms with E-state index in [1.165, 1.54) is 22.9 Å². The molecule has 1 heterocycles. The van der Waals surface area contributed by atoms with Crippen molar-refractivity contribution >= 4 is 29.3 Å². The van der Waals surface area contributed by atoms with Gasteiger partial charge in [0.25, 0.3) is 5.22 Å². The average molecular weight is 414 g/mol. The minimum absolute atomic E-state index is 0.0331. The van der Waals surface area contributed by atoms with Crippen molar-refractivity contribution in [3.8, 4) is 11.5 Å². The summed E-state index contributed by atoms with van der Waals surface area (Å²) in [6.45, 7) is 1.85. The van der Waals surface area contributed by atoms with E-state index in [4.69, 9.17) is 16.0 Å². The predicted molar refractivity (Wildman–Crippen MR) is 110 cm³/mol.